The number of fused-ring (bicyclic) bond motifs is 1. The minimum atomic E-state index is 0.144. The lowest BCUT2D eigenvalue weighted by Gasteiger charge is -2.07. The van der Waals surface area contributed by atoms with Gasteiger partial charge in [-0.15, -0.1) is 0 Å². The van der Waals surface area contributed by atoms with Crippen molar-refractivity contribution in [2.24, 2.45) is 4.99 Å². The molecule has 2 N–H and O–H groups in total. The summed E-state index contributed by atoms with van der Waals surface area (Å²) >= 11 is 0. The van der Waals surface area contributed by atoms with Gasteiger partial charge in [0.15, 0.2) is 0 Å². The highest BCUT2D eigenvalue weighted by molar-refractivity contribution is 5.74. The topological polar surface area (TPSA) is 36.4 Å². The first kappa shape index (κ1) is 5.68. The molecular formula is C7H9N3. The third-order valence-corrected chi connectivity index (χ3v) is 1.72. The molecule has 2 aliphatic rings. The smallest absolute Gasteiger partial charge is 0.143 e. The molecule has 0 saturated heterocycles. The van der Waals surface area contributed by atoms with Gasteiger partial charge in [-0.3, -0.25) is 4.99 Å². The van der Waals surface area contributed by atoms with Crippen LogP contribution in [0.3, 0.4) is 0 Å². The molecular weight excluding hydrogens is 126 g/mol. The molecule has 2 rings (SSSR count). The van der Waals surface area contributed by atoms with Gasteiger partial charge in [0.05, 0.1) is 0 Å². The lowest BCUT2D eigenvalue weighted by atomic mass is 10.1. The SMILES string of the molecule is CC1=C2C=CC=NC2NN1. The number of nitrogens with zero attached hydrogens (tertiary/aromatic N) is 1. The Bertz CT molecular complexity index is 237. The highest BCUT2D eigenvalue weighted by Gasteiger charge is 2.19. The maximum atomic E-state index is 4.20. The highest BCUT2D eigenvalue weighted by Crippen LogP contribution is 2.16. The van der Waals surface area contributed by atoms with Gasteiger partial charge in [0, 0.05) is 17.5 Å². The number of rotatable bonds is 0. The third-order valence-electron chi connectivity index (χ3n) is 1.72. The first-order chi connectivity index (χ1) is 4.88. The molecule has 2 aliphatic heterocycles. The second-order valence-corrected chi connectivity index (χ2v) is 2.41. The average Bonchev–Trinajstić information content (AvgIpc) is 2.34. The molecule has 0 radical (unpaired) electrons. The zero-order valence-electron chi connectivity index (χ0n) is 5.76. The van der Waals surface area contributed by atoms with Gasteiger partial charge in [-0.25, -0.2) is 5.43 Å². The lowest BCUT2D eigenvalue weighted by molar-refractivity contribution is 0.586. The standard InChI is InChI=1S/C7H9N3/c1-5-6-3-2-4-8-7(6)10-9-5/h2-4,7,9-10H,1H3. The molecule has 10 heavy (non-hydrogen) atoms. The van der Waals surface area contributed by atoms with E-state index in [1.807, 2.05) is 13.0 Å². The quantitative estimate of drug-likeness (QED) is 0.502. The van der Waals surface area contributed by atoms with Gasteiger partial charge >= 0.3 is 0 Å². The molecule has 52 valence electrons. The molecule has 0 bridgehead atoms. The van der Waals surface area contributed by atoms with Crippen molar-refractivity contribution in [1.29, 1.82) is 0 Å². The fraction of sp³-hybridized carbons (Fsp3) is 0.286. The van der Waals surface area contributed by atoms with Crippen molar-refractivity contribution < 1.29 is 0 Å². The van der Waals surface area contributed by atoms with Crippen molar-refractivity contribution in [2.75, 3.05) is 0 Å². The monoisotopic (exact) mass is 135 g/mol. The fourth-order valence-electron chi connectivity index (χ4n) is 1.15. The molecule has 3 heteroatoms. The number of hydrogen-bond donors (Lipinski definition) is 2. The van der Waals surface area contributed by atoms with Gasteiger partial charge in [-0.1, -0.05) is 6.08 Å². The van der Waals surface area contributed by atoms with Gasteiger partial charge in [0.25, 0.3) is 0 Å². The average molecular weight is 135 g/mol. The highest BCUT2D eigenvalue weighted by atomic mass is 15.4. The van der Waals surface area contributed by atoms with Crippen molar-refractivity contribution in [1.82, 2.24) is 10.9 Å². The van der Waals surface area contributed by atoms with Gasteiger partial charge in [0.1, 0.15) is 6.17 Å². The van der Waals surface area contributed by atoms with E-state index in [0.717, 1.165) is 5.70 Å². The van der Waals surface area contributed by atoms with Crippen LogP contribution in [0.4, 0.5) is 0 Å². The molecule has 1 atom stereocenters. The third kappa shape index (κ3) is 0.675. The summed E-state index contributed by atoms with van der Waals surface area (Å²) in [4.78, 5) is 4.20. The van der Waals surface area contributed by atoms with Crippen molar-refractivity contribution >= 4 is 6.21 Å². The number of hydrogen-bond acceptors (Lipinski definition) is 3. The summed E-state index contributed by atoms with van der Waals surface area (Å²) in [5, 5.41) is 0. The van der Waals surface area contributed by atoms with Crippen LogP contribution in [-0.4, -0.2) is 12.4 Å². The van der Waals surface area contributed by atoms with Gasteiger partial charge < -0.3 is 5.43 Å². The van der Waals surface area contributed by atoms with Crippen molar-refractivity contribution in [3.8, 4) is 0 Å². The predicted molar refractivity (Wildman–Crippen MR) is 40.4 cm³/mol. The van der Waals surface area contributed by atoms with Crippen LogP contribution in [0, 0.1) is 0 Å². The molecule has 0 aromatic carbocycles. The summed E-state index contributed by atoms with van der Waals surface area (Å²) in [5.74, 6) is 0. The van der Waals surface area contributed by atoms with E-state index in [4.69, 9.17) is 0 Å². The van der Waals surface area contributed by atoms with Crippen molar-refractivity contribution in [3.05, 3.63) is 23.4 Å². The van der Waals surface area contributed by atoms with E-state index in [1.54, 1.807) is 6.21 Å². The van der Waals surface area contributed by atoms with E-state index in [9.17, 15) is 0 Å². The minimum absolute atomic E-state index is 0.144. The number of nitrogens with one attached hydrogen (secondary N) is 2. The maximum Gasteiger partial charge on any atom is 0.143 e. The summed E-state index contributed by atoms with van der Waals surface area (Å²) in [6.45, 7) is 2.04. The van der Waals surface area contributed by atoms with Crippen LogP contribution in [0.15, 0.2) is 28.4 Å². The van der Waals surface area contributed by atoms with E-state index >= 15 is 0 Å². The van der Waals surface area contributed by atoms with Crippen molar-refractivity contribution in [3.63, 3.8) is 0 Å². The first-order valence-electron chi connectivity index (χ1n) is 3.30. The zero-order valence-corrected chi connectivity index (χ0v) is 5.76. The lowest BCUT2D eigenvalue weighted by Crippen LogP contribution is -2.31. The Morgan fingerprint density at radius 3 is 3.30 bits per heavy atom. The Hall–Kier alpha value is -1.09. The Morgan fingerprint density at radius 1 is 1.60 bits per heavy atom. The fourth-order valence-corrected chi connectivity index (χ4v) is 1.15. The van der Waals surface area contributed by atoms with E-state index in [0.29, 0.717) is 0 Å². The van der Waals surface area contributed by atoms with Crippen LogP contribution >= 0.6 is 0 Å². The molecule has 0 amide bonds. The second-order valence-electron chi connectivity index (χ2n) is 2.41. The normalized spacial score (nSPS) is 28.7. The Balaban J connectivity index is 2.39. The molecule has 0 saturated carbocycles. The van der Waals surface area contributed by atoms with Gasteiger partial charge in [0.2, 0.25) is 0 Å². The second kappa shape index (κ2) is 1.95. The molecule has 0 aromatic heterocycles. The first-order valence-corrected chi connectivity index (χ1v) is 3.30. The maximum absolute atomic E-state index is 4.20. The van der Waals surface area contributed by atoms with Crippen LogP contribution in [0.5, 0.6) is 0 Å². The summed E-state index contributed by atoms with van der Waals surface area (Å²) in [6, 6.07) is 0. The zero-order chi connectivity index (χ0) is 6.97. The number of hydrazine groups is 1. The molecule has 0 aliphatic carbocycles. The molecule has 1 unspecified atom stereocenters. The summed E-state index contributed by atoms with van der Waals surface area (Å²) in [5.41, 5.74) is 8.46. The number of dihydropyridines is 1. The summed E-state index contributed by atoms with van der Waals surface area (Å²) in [7, 11) is 0. The number of aliphatic imine (C=N–C) groups is 1. The number of allylic oxidation sites excluding steroid dienone is 2. The summed E-state index contributed by atoms with van der Waals surface area (Å²) in [6.07, 6.45) is 5.97. The van der Waals surface area contributed by atoms with Crippen LogP contribution in [0.2, 0.25) is 0 Å². The van der Waals surface area contributed by atoms with Crippen LogP contribution in [0.25, 0.3) is 0 Å². The Labute approximate surface area is 59.5 Å². The van der Waals surface area contributed by atoms with E-state index in [-0.39, 0.29) is 6.17 Å². The molecule has 2 heterocycles. The van der Waals surface area contributed by atoms with E-state index < -0.39 is 0 Å². The largest absolute Gasteiger partial charge is 0.323 e. The molecule has 0 spiro atoms. The van der Waals surface area contributed by atoms with Crippen LogP contribution in [-0.2, 0) is 0 Å². The molecule has 0 fully saturated rings. The van der Waals surface area contributed by atoms with Crippen molar-refractivity contribution in [2.45, 2.75) is 13.1 Å². The van der Waals surface area contributed by atoms with Gasteiger partial charge in [-0.2, -0.15) is 0 Å². The minimum Gasteiger partial charge on any atom is -0.323 e. The van der Waals surface area contributed by atoms with Crippen LogP contribution in [0.1, 0.15) is 6.92 Å². The van der Waals surface area contributed by atoms with Gasteiger partial charge in [-0.05, 0) is 13.0 Å². The summed E-state index contributed by atoms with van der Waals surface area (Å²) < 4.78 is 0. The molecule has 3 nitrogen and oxygen atoms in total. The van der Waals surface area contributed by atoms with E-state index in [1.165, 1.54) is 5.57 Å². The van der Waals surface area contributed by atoms with Crippen LogP contribution < -0.4 is 10.9 Å². The molecule has 0 aromatic rings. The Kier molecular flexibility index (Phi) is 1.11. The Morgan fingerprint density at radius 2 is 2.50 bits per heavy atom. The predicted octanol–water partition coefficient (Wildman–Crippen LogP) is 0.335. The van der Waals surface area contributed by atoms with E-state index in [2.05, 4.69) is 21.9 Å².